The first-order chi connectivity index (χ1) is 10.0. The molecule has 1 aliphatic heterocycles. The van der Waals surface area contributed by atoms with Gasteiger partial charge in [0.05, 0.1) is 6.61 Å². The molecule has 0 aromatic heterocycles. The molecule has 1 heterocycles. The van der Waals surface area contributed by atoms with Crippen LogP contribution in [-0.4, -0.2) is 51.4 Å². The summed E-state index contributed by atoms with van der Waals surface area (Å²) < 4.78 is 19.1. The van der Waals surface area contributed by atoms with Crippen LogP contribution in [0.5, 0.6) is 0 Å². The van der Waals surface area contributed by atoms with Gasteiger partial charge in [-0.3, -0.25) is 0 Å². The van der Waals surface area contributed by atoms with E-state index >= 15 is 0 Å². The first-order valence-electron chi connectivity index (χ1n) is 7.73. The number of unbranched alkanes of at least 4 members (excludes halogenated alkanes) is 5. The standard InChI is InChI=1S/C15H27FO5/c1-2-3-4-5-6-7-8-10(16)15-14(20)13(19)12(18)11(9-17)21-15/h11-14,17-20H,2-9H2,1H3/b15-10+/t11-,12-,13+,14-/m1/s1. The Hall–Kier alpha value is -0.690. The van der Waals surface area contributed by atoms with Gasteiger partial charge in [0.15, 0.2) is 5.76 Å². The van der Waals surface area contributed by atoms with Crippen LogP contribution in [0.3, 0.4) is 0 Å². The molecule has 0 aromatic carbocycles. The van der Waals surface area contributed by atoms with E-state index in [1.165, 1.54) is 6.42 Å². The SMILES string of the molecule is CCCCCCCC/C(F)=C1\O[C@H](CO)[C@@H](O)[C@H](O)[C@H]1O. The van der Waals surface area contributed by atoms with Gasteiger partial charge < -0.3 is 25.2 Å². The van der Waals surface area contributed by atoms with E-state index in [9.17, 15) is 19.7 Å². The van der Waals surface area contributed by atoms with Gasteiger partial charge in [-0.15, -0.1) is 0 Å². The number of aliphatic hydroxyl groups excluding tert-OH is 4. The molecule has 5 nitrogen and oxygen atoms in total. The lowest BCUT2D eigenvalue weighted by molar-refractivity contribution is -0.167. The van der Waals surface area contributed by atoms with Crippen molar-refractivity contribution in [2.75, 3.05) is 6.61 Å². The Labute approximate surface area is 125 Å². The highest BCUT2D eigenvalue weighted by Gasteiger charge is 2.42. The number of hydrogen-bond acceptors (Lipinski definition) is 5. The van der Waals surface area contributed by atoms with E-state index in [0.717, 1.165) is 25.7 Å². The van der Waals surface area contributed by atoms with Gasteiger partial charge in [0.2, 0.25) is 0 Å². The first-order valence-corrected chi connectivity index (χ1v) is 7.73. The molecule has 21 heavy (non-hydrogen) atoms. The Kier molecular flexibility index (Phi) is 8.18. The van der Waals surface area contributed by atoms with E-state index in [1.807, 2.05) is 0 Å². The average molecular weight is 306 g/mol. The summed E-state index contributed by atoms with van der Waals surface area (Å²) in [5, 5.41) is 38.0. The summed E-state index contributed by atoms with van der Waals surface area (Å²) in [5.74, 6) is -0.984. The summed E-state index contributed by atoms with van der Waals surface area (Å²) in [5.41, 5.74) is 0. The summed E-state index contributed by atoms with van der Waals surface area (Å²) in [6, 6.07) is 0. The summed E-state index contributed by atoms with van der Waals surface area (Å²) in [6.45, 7) is 1.57. The minimum atomic E-state index is -1.59. The normalized spacial score (nSPS) is 31.9. The van der Waals surface area contributed by atoms with Crippen LogP contribution in [0.1, 0.15) is 51.9 Å². The average Bonchev–Trinajstić information content (AvgIpc) is 2.48. The molecule has 0 spiro atoms. The van der Waals surface area contributed by atoms with Crippen LogP contribution >= 0.6 is 0 Å². The van der Waals surface area contributed by atoms with Crippen LogP contribution in [-0.2, 0) is 4.74 Å². The third-order valence-corrected chi connectivity index (χ3v) is 3.80. The maximum absolute atomic E-state index is 14.0. The zero-order chi connectivity index (χ0) is 15.8. The van der Waals surface area contributed by atoms with Gasteiger partial charge in [0.1, 0.15) is 30.2 Å². The zero-order valence-electron chi connectivity index (χ0n) is 12.5. The van der Waals surface area contributed by atoms with Crippen LogP contribution in [0.2, 0.25) is 0 Å². The van der Waals surface area contributed by atoms with Gasteiger partial charge in [-0.1, -0.05) is 39.0 Å². The molecule has 0 saturated carbocycles. The van der Waals surface area contributed by atoms with E-state index in [4.69, 9.17) is 9.84 Å². The monoisotopic (exact) mass is 306 g/mol. The highest BCUT2D eigenvalue weighted by Crippen LogP contribution is 2.29. The third-order valence-electron chi connectivity index (χ3n) is 3.80. The zero-order valence-corrected chi connectivity index (χ0v) is 12.5. The van der Waals surface area contributed by atoms with Gasteiger partial charge in [0.25, 0.3) is 0 Å². The summed E-state index contributed by atoms with van der Waals surface area (Å²) >= 11 is 0. The highest BCUT2D eigenvalue weighted by atomic mass is 19.1. The number of hydrogen-bond donors (Lipinski definition) is 4. The molecule has 0 unspecified atom stereocenters. The van der Waals surface area contributed by atoms with Crippen LogP contribution < -0.4 is 0 Å². The number of aliphatic hydroxyl groups is 4. The maximum Gasteiger partial charge on any atom is 0.159 e. The predicted molar refractivity (Wildman–Crippen MR) is 76.1 cm³/mol. The molecule has 1 rings (SSSR count). The van der Waals surface area contributed by atoms with Crippen LogP contribution in [0.4, 0.5) is 4.39 Å². The second-order valence-electron chi connectivity index (χ2n) is 5.55. The van der Waals surface area contributed by atoms with Crippen molar-refractivity contribution in [3.05, 3.63) is 11.6 Å². The van der Waals surface area contributed by atoms with Gasteiger partial charge in [0, 0.05) is 6.42 Å². The van der Waals surface area contributed by atoms with Crippen molar-refractivity contribution in [1.29, 1.82) is 0 Å². The Morgan fingerprint density at radius 3 is 2.29 bits per heavy atom. The smallest absolute Gasteiger partial charge is 0.159 e. The quantitative estimate of drug-likeness (QED) is 0.509. The molecule has 0 aliphatic carbocycles. The molecule has 1 saturated heterocycles. The van der Waals surface area contributed by atoms with Gasteiger partial charge in [-0.05, 0) is 6.42 Å². The predicted octanol–water partition coefficient (Wildman–Crippen LogP) is 1.39. The largest absolute Gasteiger partial charge is 0.484 e. The first kappa shape index (κ1) is 18.4. The van der Waals surface area contributed by atoms with Crippen LogP contribution in [0, 0.1) is 0 Å². The molecular weight excluding hydrogens is 279 g/mol. The Balaban J connectivity index is 2.50. The van der Waals surface area contributed by atoms with Crippen molar-refractivity contribution in [3.8, 4) is 0 Å². The molecule has 4 N–H and O–H groups in total. The summed E-state index contributed by atoms with van der Waals surface area (Å²) in [7, 11) is 0. The Bertz CT molecular complexity index is 332. The van der Waals surface area contributed by atoms with Gasteiger partial charge >= 0.3 is 0 Å². The van der Waals surface area contributed by atoms with E-state index in [1.54, 1.807) is 0 Å². The highest BCUT2D eigenvalue weighted by molar-refractivity contribution is 5.13. The minimum Gasteiger partial charge on any atom is -0.484 e. The molecule has 1 aliphatic rings. The van der Waals surface area contributed by atoms with Crippen molar-refractivity contribution in [1.82, 2.24) is 0 Å². The number of rotatable bonds is 8. The van der Waals surface area contributed by atoms with E-state index in [2.05, 4.69) is 6.92 Å². The van der Waals surface area contributed by atoms with Crippen LogP contribution in [0.25, 0.3) is 0 Å². The molecular formula is C15H27FO5. The second-order valence-corrected chi connectivity index (χ2v) is 5.55. The Morgan fingerprint density at radius 2 is 1.67 bits per heavy atom. The van der Waals surface area contributed by atoms with E-state index < -0.39 is 36.8 Å². The number of allylic oxidation sites excluding steroid dienone is 1. The number of ether oxygens (including phenoxy) is 1. The molecule has 4 atom stereocenters. The molecule has 6 heteroatoms. The molecule has 124 valence electrons. The van der Waals surface area contributed by atoms with Crippen LogP contribution in [0.15, 0.2) is 11.6 Å². The maximum atomic E-state index is 14.0. The van der Waals surface area contributed by atoms with Crippen molar-refractivity contribution >= 4 is 0 Å². The fourth-order valence-electron chi connectivity index (χ4n) is 2.42. The van der Waals surface area contributed by atoms with E-state index in [-0.39, 0.29) is 12.2 Å². The third kappa shape index (κ3) is 5.21. The molecule has 1 fully saturated rings. The fraction of sp³-hybridized carbons (Fsp3) is 0.867. The minimum absolute atomic E-state index is 0.124. The lowest BCUT2D eigenvalue weighted by Gasteiger charge is -2.36. The lowest BCUT2D eigenvalue weighted by atomic mass is 9.97. The fourth-order valence-corrected chi connectivity index (χ4v) is 2.42. The summed E-state index contributed by atoms with van der Waals surface area (Å²) in [4.78, 5) is 0. The van der Waals surface area contributed by atoms with Gasteiger partial charge in [-0.25, -0.2) is 4.39 Å². The van der Waals surface area contributed by atoms with Crippen molar-refractivity contribution in [3.63, 3.8) is 0 Å². The second kappa shape index (κ2) is 9.35. The molecule has 0 aromatic rings. The number of halogens is 1. The molecule has 0 amide bonds. The van der Waals surface area contributed by atoms with Crippen molar-refractivity contribution in [2.24, 2.45) is 0 Å². The Morgan fingerprint density at radius 1 is 1.05 bits per heavy atom. The molecule has 0 radical (unpaired) electrons. The molecule has 0 bridgehead atoms. The van der Waals surface area contributed by atoms with Crippen molar-refractivity contribution < 1.29 is 29.6 Å². The van der Waals surface area contributed by atoms with Crippen molar-refractivity contribution in [2.45, 2.75) is 76.3 Å². The topological polar surface area (TPSA) is 90.2 Å². The van der Waals surface area contributed by atoms with Gasteiger partial charge in [-0.2, -0.15) is 0 Å². The van der Waals surface area contributed by atoms with E-state index in [0.29, 0.717) is 6.42 Å². The lowest BCUT2D eigenvalue weighted by Crippen LogP contribution is -2.53. The summed E-state index contributed by atoms with van der Waals surface area (Å²) in [6.07, 6.45) is 0.455.